The molecule has 88 valence electrons. The van der Waals surface area contributed by atoms with E-state index < -0.39 is 4.92 Å². The minimum atomic E-state index is -0.549. The van der Waals surface area contributed by atoms with Gasteiger partial charge in [-0.05, 0) is 6.92 Å². The molecule has 0 unspecified atom stereocenters. The quantitative estimate of drug-likeness (QED) is 0.539. The van der Waals surface area contributed by atoms with Crippen LogP contribution in [-0.2, 0) is 11.8 Å². The first-order chi connectivity index (χ1) is 7.54. The van der Waals surface area contributed by atoms with Crippen LogP contribution in [0.25, 0.3) is 0 Å². The standard InChI is InChI=1S/C8H13N5O3/c1-3-9-7(14)4-10-8-6(13(15)16)5-12(2)11-8/h5H,3-4H2,1-2H3,(H,9,14)(H,10,11). The number of amides is 1. The number of nitrogens with one attached hydrogen (secondary N) is 2. The highest BCUT2D eigenvalue weighted by atomic mass is 16.6. The molecule has 0 saturated heterocycles. The minimum absolute atomic E-state index is 0.0360. The number of aryl methyl sites for hydroxylation is 1. The van der Waals surface area contributed by atoms with Crippen molar-refractivity contribution in [1.29, 1.82) is 0 Å². The summed E-state index contributed by atoms with van der Waals surface area (Å²) in [6, 6.07) is 0. The van der Waals surface area contributed by atoms with E-state index in [9.17, 15) is 14.9 Å². The third-order valence-electron chi connectivity index (χ3n) is 1.80. The molecule has 0 aliphatic carbocycles. The van der Waals surface area contributed by atoms with Crippen molar-refractivity contribution in [3.05, 3.63) is 16.3 Å². The van der Waals surface area contributed by atoms with Crippen LogP contribution in [0.2, 0.25) is 0 Å². The van der Waals surface area contributed by atoms with E-state index in [1.807, 2.05) is 0 Å². The minimum Gasteiger partial charge on any atom is -0.355 e. The highest BCUT2D eigenvalue weighted by Crippen LogP contribution is 2.20. The van der Waals surface area contributed by atoms with Gasteiger partial charge in [0.15, 0.2) is 0 Å². The van der Waals surface area contributed by atoms with Crippen molar-refractivity contribution in [2.75, 3.05) is 18.4 Å². The predicted octanol–water partition coefficient (Wildman–Crippen LogP) is -0.124. The Hall–Kier alpha value is -2.12. The monoisotopic (exact) mass is 227 g/mol. The molecule has 8 nitrogen and oxygen atoms in total. The van der Waals surface area contributed by atoms with Gasteiger partial charge in [-0.15, -0.1) is 5.10 Å². The number of anilines is 1. The molecule has 0 radical (unpaired) electrons. The Labute approximate surface area is 91.8 Å². The number of hydrogen-bond donors (Lipinski definition) is 2. The van der Waals surface area contributed by atoms with Crippen LogP contribution >= 0.6 is 0 Å². The summed E-state index contributed by atoms with van der Waals surface area (Å²) in [5.41, 5.74) is -0.146. The van der Waals surface area contributed by atoms with Gasteiger partial charge < -0.3 is 10.6 Å². The predicted molar refractivity (Wildman–Crippen MR) is 57.0 cm³/mol. The van der Waals surface area contributed by atoms with Crippen LogP contribution in [-0.4, -0.2) is 33.7 Å². The van der Waals surface area contributed by atoms with Crippen molar-refractivity contribution < 1.29 is 9.72 Å². The Balaban J connectivity index is 2.66. The number of nitro groups is 1. The summed E-state index contributed by atoms with van der Waals surface area (Å²) < 4.78 is 1.32. The Morgan fingerprint density at radius 3 is 2.94 bits per heavy atom. The Kier molecular flexibility index (Phi) is 3.81. The summed E-state index contributed by atoms with van der Waals surface area (Å²) in [4.78, 5) is 21.2. The van der Waals surface area contributed by atoms with Gasteiger partial charge in [0.25, 0.3) is 0 Å². The maximum atomic E-state index is 11.1. The molecule has 0 atom stereocenters. The number of rotatable bonds is 5. The topological polar surface area (TPSA) is 102 Å². The third kappa shape index (κ3) is 2.94. The van der Waals surface area contributed by atoms with Crippen molar-refractivity contribution in [3.8, 4) is 0 Å². The normalized spacial score (nSPS) is 9.88. The average Bonchev–Trinajstić information content (AvgIpc) is 2.57. The molecule has 0 aromatic carbocycles. The molecule has 0 spiro atoms. The highest BCUT2D eigenvalue weighted by molar-refractivity contribution is 5.80. The van der Waals surface area contributed by atoms with E-state index in [1.165, 1.54) is 10.9 Å². The van der Waals surface area contributed by atoms with Crippen molar-refractivity contribution in [2.45, 2.75) is 6.92 Å². The number of aromatic nitrogens is 2. The lowest BCUT2D eigenvalue weighted by molar-refractivity contribution is -0.384. The maximum Gasteiger partial charge on any atom is 0.330 e. The van der Waals surface area contributed by atoms with Crippen molar-refractivity contribution in [3.63, 3.8) is 0 Å². The van der Waals surface area contributed by atoms with Gasteiger partial charge in [0.1, 0.15) is 6.20 Å². The molecule has 8 heteroatoms. The van der Waals surface area contributed by atoms with Crippen LogP contribution in [0.3, 0.4) is 0 Å². The van der Waals surface area contributed by atoms with Gasteiger partial charge in [0.05, 0.1) is 11.5 Å². The molecule has 0 bridgehead atoms. The fourth-order valence-electron chi connectivity index (χ4n) is 1.16. The molecule has 1 amide bonds. The molecule has 1 rings (SSSR count). The zero-order chi connectivity index (χ0) is 12.1. The van der Waals surface area contributed by atoms with Gasteiger partial charge in [-0.1, -0.05) is 0 Å². The molecule has 0 fully saturated rings. The largest absolute Gasteiger partial charge is 0.355 e. The lowest BCUT2D eigenvalue weighted by Gasteiger charge is -2.02. The maximum absolute atomic E-state index is 11.1. The SMILES string of the molecule is CCNC(=O)CNc1nn(C)cc1[N+](=O)[O-]. The van der Waals surface area contributed by atoms with Gasteiger partial charge in [-0.2, -0.15) is 0 Å². The van der Waals surface area contributed by atoms with Gasteiger partial charge in [0.2, 0.25) is 11.7 Å². The smallest absolute Gasteiger partial charge is 0.330 e. The molecule has 1 aromatic heterocycles. The van der Waals surface area contributed by atoms with E-state index in [1.54, 1.807) is 14.0 Å². The molecular formula is C8H13N5O3. The zero-order valence-electron chi connectivity index (χ0n) is 9.06. The van der Waals surface area contributed by atoms with Crippen LogP contribution in [0, 0.1) is 10.1 Å². The molecule has 2 N–H and O–H groups in total. The Morgan fingerprint density at radius 1 is 1.69 bits per heavy atom. The number of likely N-dealkylation sites (N-methyl/N-ethyl adjacent to an activating group) is 1. The van der Waals surface area contributed by atoms with E-state index in [2.05, 4.69) is 15.7 Å². The number of carbonyl (C=O) groups excluding carboxylic acids is 1. The molecule has 0 aliphatic heterocycles. The van der Waals surface area contributed by atoms with Gasteiger partial charge >= 0.3 is 5.69 Å². The van der Waals surface area contributed by atoms with Crippen molar-refractivity contribution in [2.24, 2.45) is 7.05 Å². The fourth-order valence-corrected chi connectivity index (χ4v) is 1.16. The first-order valence-electron chi connectivity index (χ1n) is 4.73. The number of carbonyl (C=O) groups is 1. The van der Waals surface area contributed by atoms with E-state index in [-0.39, 0.29) is 24.0 Å². The van der Waals surface area contributed by atoms with E-state index in [0.29, 0.717) is 6.54 Å². The summed E-state index contributed by atoms with van der Waals surface area (Å²) in [5, 5.41) is 19.6. The molecule has 1 aromatic rings. The summed E-state index contributed by atoms with van der Waals surface area (Å²) in [7, 11) is 1.57. The van der Waals surface area contributed by atoms with Crippen molar-refractivity contribution >= 4 is 17.4 Å². The first-order valence-corrected chi connectivity index (χ1v) is 4.73. The van der Waals surface area contributed by atoms with Gasteiger partial charge in [-0.25, -0.2) is 0 Å². The second-order valence-corrected chi connectivity index (χ2v) is 3.10. The first kappa shape index (κ1) is 12.0. The highest BCUT2D eigenvalue weighted by Gasteiger charge is 2.18. The molecule has 0 aliphatic rings. The second-order valence-electron chi connectivity index (χ2n) is 3.10. The van der Waals surface area contributed by atoms with Gasteiger partial charge in [0, 0.05) is 13.6 Å². The third-order valence-corrected chi connectivity index (χ3v) is 1.80. The van der Waals surface area contributed by atoms with E-state index in [4.69, 9.17) is 0 Å². The second kappa shape index (κ2) is 5.10. The Morgan fingerprint density at radius 2 is 2.38 bits per heavy atom. The zero-order valence-corrected chi connectivity index (χ0v) is 9.06. The average molecular weight is 227 g/mol. The fraction of sp³-hybridized carbons (Fsp3) is 0.500. The molecule has 0 saturated carbocycles. The number of nitrogens with zero attached hydrogens (tertiary/aromatic N) is 3. The van der Waals surface area contributed by atoms with Crippen LogP contribution in [0.1, 0.15) is 6.92 Å². The van der Waals surface area contributed by atoms with E-state index >= 15 is 0 Å². The van der Waals surface area contributed by atoms with Crippen LogP contribution in [0.15, 0.2) is 6.20 Å². The molecule has 16 heavy (non-hydrogen) atoms. The van der Waals surface area contributed by atoms with Crippen LogP contribution in [0.4, 0.5) is 11.5 Å². The Bertz CT molecular complexity index is 400. The van der Waals surface area contributed by atoms with Crippen LogP contribution < -0.4 is 10.6 Å². The lowest BCUT2D eigenvalue weighted by atomic mass is 10.5. The molecular weight excluding hydrogens is 214 g/mol. The lowest BCUT2D eigenvalue weighted by Crippen LogP contribution is -2.29. The van der Waals surface area contributed by atoms with E-state index in [0.717, 1.165) is 0 Å². The van der Waals surface area contributed by atoms with Crippen LogP contribution in [0.5, 0.6) is 0 Å². The van der Waals surface area contributed by atoms with Gasteiger partial charge in [-0.3, -0.25) is 19.6 Å². The summed E-state index contributed by atoms with van der Waals surface area (Å²) >= 11 is 0. The molecule has 1 heterocycles. The summed E-state index contributed by atoms with van der Waals surface area (Å²) in [6.45, 7) is 2.28. The summed E-state index contributed by atoms with van der Waals surface area (Å²) in [6.07, 6.45) is 1.28. The number of hydrogen-bond acceptors (Lipinski definition) is 5. The van der Waals surface area contributed by atoms with Crippen molar-refractivity contribution in [1.82, 2.24) is 15.1 Å². The summed E-state index contributed by atoms with van der Waals surface area (Å²) in [5.74, 6) is -0.138.